The Balaban J connectivity index is 1.38. The second-order valence-corrected chi connectivity index (χ2v) is 7.27. The number of rotatable bonds is 4. The fourth-order valence-corrected chi connectivity index (χ4v) is 3.78. The van der Waals surface area contributed by atoms with Crippen molar-refractivity contribution in [1.29, 1.82) is 0 Å². The van der Waals surface area contributed by atoms with Crippen molar-refractivity contribution in [3.8, 4) is 0 Å². The first kappa shape index (κ1) is 17.8. The number of amides is 3. The van der Waals surface area contributed by atoms with Crippen molar-refractivity contribution in [2.75, 3.05) is 32.7 Å². The van der Waals surface area contributed by atoms with Crippen LogP contribution in [0.5, 0.6) is 0 Å². The van der Waals surface area contributed by atoms with E-state index in [2.05, 4.69) is 36.5 Å². The molecule has 0 saturated carbocycles. The summed E-state index contributed by atoms with van der Waals surface area (Å²) in [5.74, 6) is 0.182. The summed E-state index contributed by atoms with van der Waals surface area (Å²) >= 11 is 0. The first-order valence-corrected chi connectivity index (χ1v) is 9.50. The van der Waals surface area contributed by atoms with Gasteiger partial charge in [0.25, 0.3) is 0 Å². The maximum atomic E-state index is 12.4. The lowest BCUT2D eigenvalue weighted by atomic mass is 9.96. The minimum atomic E-state index is 0.0418. The SMILES string of the molecule is Cc1cccc(CCNC(=O)C2CCN(C(=O)N3CCCC3)CC2)c1. The predicted octanol–water partition coefficient (Wildman–Crippen LogP) is 2.58. The summed E-state index contributed by atoms with van der Waals surface area (Å²) in [6.45, 7) is 5.93. The maximum Gasteiger partial charge on any atom is 0.319 e. The highest BCUT2D eigenvalue weighted by Gasteiger charge is 2.30. The van der Waals surface area contributed by atoms with Gasteiger partial charge in [-0.3, -0.25) is 4.79 Å². The number of nitrogens with one attached hydrogen (secondary N) is 1. The van der Waals surface area contributed by atoms with Crippen molar-refractivity contribution in [1.82, 2.24) is 15.1 Å². The number of likely N-dealkylation sites (tertiary alicyclic amines) is 2. The Bertz CT molecular complexity index is 603. The number of piperidine rings is 1. The summed E-state index contributed by atoms with van der Waals surface area (Å²) in [5.41, 5.74) is 2.50. The molecule has 0 aliphatic carbocycles. The minimum absolute atomic E-state index is 0.0418. The molecule has 0 aromatic heterocycles. The highest BCUT2D eigenvalue weighted by molar-refractivity contribution is 5.79. The standard InChI is InChI=1S/C20H29N3O2/c1-16-5-4-6-17(15-16)7-10-21-19(24)18-8-13-23(14-9-18)20(25)22-11-2-3-12-22/h4-6,15,18H,2-3,7-14H2,1H3,(H,21,24). The summed E-state index contributed by atoms with van der Waals surface area (Å²) in [4.78, 5) is 28.6. The maximum absolute atomic E-state index is 12.4. The zero-order chi connectivity index (χ0) is 17.6. The van der Waals surface area contributed by atoms with Gasteiger partial charge in [-0.2, -0.15) is 0 Å². The predicted molar refractivity (Wildman–Crippen MR) is 98.4 cm³/mol. The van der Waals surface area contributed by atoms with Gasteiger partial charge in [-0.05, 0) is 44.6 Å². The van der Waals surface area contributed by atoms with E-state index in [1.165, 1.54) is 11.1 Å². The van der Waals surface area contributed by atoms with E-state index in [1.54, 1.807) is 0 Å². The fraction of sp³-hybridized carbons (Fsp3) is 0.600. The molecule has 5 heteroatoms. The van der Waals surface area contributed by atoms with E-state index in [0.717, 1.165) is 45.2 Å². The van der Waals surface area contributed by atoms with E-state index in [1.807, 2.05) is 9.80 Å². The molecule has 2 heterocycles. The number of hydrogen-bond acceptors (Lipinski definition) is 2. The molecule has 3 amide bonds. The molecule has 0 bridgehead atoms. The van der Waals surface area contributed by atoms with E-state index in [0.29, 0.717) is 19.6 Å². The Labute approximate surface area is 150 Å². The van der Waals surface area contributed by atoms with E-state index in [-0.39, 0.29) is 17.9 Å². The Morgan fingerprint density at radius 1 is 1.08 bits per heavy atom. The number of hydrogen-bond donors (Lipinski definition) is 1. The molecular weight excluding hydrogens is 314 g/mol. The number of benzene rings is 1. The van der Waals surface area contributed by atoms with Gasteiger partial charge in [0.2, 0.25) is 5.91 Å². The second kappa shape index (κ2) is 8.37. The summed E-state index contributed by atoms with van der Waals surface area (Å²) in [5, 5.41) is 3.07. The first-order valence-electron chi connectivity index (χ1n) is 9.50. The second-order valence-electron chi connectivity index (χ2n) is 7.27. The molecule has 0 radical (unpaired) electrons. The molecule has 1 aromatic rings. The molecule has 0 spiro atoms. The van der Waals surface area contributed by atoms with Gasteiger partial charge in [-0.25, -0.2) is 4.79 Å². The van der Waals surface area contributed by atoms with Gasteiger partial charge in [0.15, 0.2) is 0 Å². The summed E-state index contributed by atoms with van der Waals surface area (Å²) in [6, 6.07) is 8.56. The molecule has 0 atom stereocenters. The Kier molecular flexibility index (Phi) is 5.95. The molecule has 3 rings (SSSR count). The quantitative estimate of drug-likeness (QED) is 0.913. The highest BCUT2D eigenvalue weighted by Crippen LogP contribution is 2.20. The van der Waals surface area contributed by atoms with Crippen LogP contribution in [0.4, 0.5) is 4.79 Å². The summed E-state index contributed by atoms with van der Waals surface area (Å²) in [7, 11) is 0. The largest absolute Gasteiger partial charge is 0.356 e. The van der Waals surface area contributed by atoms with Crippen molar-refractivity contribution in [2.45, 2.75) is 39.0 Å². The molecule has 0 unspecified atom stereocenters. The van der Waals surface area contributed by atoms with Gasteiger partial charge in [-0.1, -0.05) is 29.8 Å². The molecule has 5 nitrogen and oxygen atoms in total. The smallest absolute Gasteiger partial charge is 0.319 e. The third-order valence-electron chi connectivity index (χ3n) is 5.31. The molecule has 2 saturated heterocycles. The molecular formula is C20H29N3O2. The summed E-state index contributed by atoms with van der Waals surface area (Å²) in [6.07, 6.45) is 4.64. The third-order valence-corrected chi connectivity index (χ3v) is 5.31. The highest BCUT2D eigenvalue weighted by atomic mass is 16.2. The number of nitrogens with zero attached hydrogens (tertiary/aromatic N) is 2. The van der Waals surface area contributed by atoms with Crippen molar-refractivity contribution >= 4 is 11.9 Å². The van der Waals surface area contributed by atoms with Crippen LogP contribution in [0.25, 0.3) is 0 Å². The van der Waals surface area contributed by atoms with E-state index in [9.17, 15) is 9.59 Å². The molecule has 1 N–H and O–H groups in total. The zero-order valence-electron chi connectivity index (χ0n) is 15.2. The molecule has 2 aliphatic rings. The van der Waals surface area contributed by atoms with E-state index >= 15 is 0 Å². The topological polar surface area (TPSA) is 52.7 Å². The van der Waals surface area contributed by atoms with Crippen molar-refractivity contribution < 1.29 is 9.59 Å². The molecule has 2 aliphatic heterocycles. The Morgan fingerprint density at radius 2 is 1.76 bits per heavy atom. The lowest BCUT2D eigenvalue weighted by Crippen LogP contribution is -2.47. The van der Waals surface area contributed by atoms with Gasteiger partial charge < -0.3 is 15.1 Å². The van der Waals surface area contributed by atoms with Crippen LogP contribution in [-0.4, -0.2) is 54.5 Å². The van der Waals surface area contributed by atoms with Crippen LogP contribution in [0.2, 0.25) is 0 Å². The average Bonchev–Trinajstić information content (AvgIpc) is 3.16. The van der Waals surface area contributed by atoms with Gasteiger partial charge in [0.05, 0.1) is 0 Å². The van der Waals surface area contributed by atoms with Gasteiger partial charge >= 0.3 is 6.03 Å². The van der Waals surface area contributed by atoms with Crippen LogP contribution in [0.3, 0.4) is 0 Å². The van der Waals surface area contributed by atoms with Crippen molar-refractivity contribution in [3.63, 3.8) is 0 Å². The summed E-state index contributed by atoms with van der Waals surface area (Å²) < 4.78 is 0. The van der Waals surface area contributed by atoms with Gasteiger partial charge in [0, 0.05) is 38.6 Å². The monoisotopic (exact) mass is 343 g/mol. The fourth-order valence-electron chi connectivity index (χ4n) is 3.78. The first-order chi connectivity index (χ1) is 12.1. The van der Waals surface area contributed by atoms with Gasteiger partial charge in [-0.15, -0.1) is 0 Å². The Hall–Kier alpha value is -2.04. The lowest BCUT2D eigenvalue weighted by Gasteiger charge is -2.34. The molecule has 136 valence electrons. The normalized spacial score (nSPS) is 18.4. The minimum Gasteiger partial charge on any atom is -0.356 e. The van der Waals surface area contributed by atoms with Crippen molar-refractivity contribution in [2.24, 2.45) is 5.92 Å². The number of urea groups is 1. The van der Waals surface area contributed by atoms with E-state index < -0.39 is 0 Å². The Morgan fingerprint density at radius 3 is 2.44 bits per heavy atom. The number of carbonyl (C=O) groups excluding carboxylic acids is 2. The van der Waals surface area contributed by atoms with Crippen molar-refractivity contribution in [3.05, 3.63) is 35.4 Å². The average molecular weight is 343 g/mol. The van der Waals surface area contributed by atoms with Crippen LogP contribution in [-0.2, 0) is 11.2 Å². The lowest BCUT2D eigenvalue weighted by molar-refractivity contribution is -0.126. The third kappa shape index (κ3) is 4.74. The zero-order valence-corrected chi connectivity index (χ0v) is 15.2. The number of aryl methyl sites for hydroxylation is 1. The molecule has 25 heavy (non-hydrogen) atoms. The molecule has 2 fully saturated rings. The van der Waals surface area contributed by atoms with Crippen LogP contribution >= 0.6 is 0 Å². The van der Waals surface area contributed by atoms with Crippen LogP contribution in [0, 0.1) is 12.8 Å². The van der Waals surface area contributed by atoms with Crippen LogP contribution in [0.1, 0.15) is 36.8 Å². The van der Waals surface area contributed by atoms with E-state index in [4.69, 9.17) is 0 Å². The number of carbonyl (C=O) groups is 2. The van der Waals surface area contributed by atoms with Gasteiger partial charge in [0.1, 0.15) is 0 Å². The van der Waals surface area contributed by atoms with Crippen LogP contribution in [0.15, 0.2) is 24.3 Å². The van der Waals surface area contributed by atoms with Crippen LogP contribution < -0.4 is 5.32 Å². The molecule has 1 aromatic carbocycles.